The fraction of sp³-hybridized carbons (Fsp3) is 0.588. The number of guanidine groups is 1. The predicted molar refractivity (Wildman–Crippen MR) is 91.5 cm³/mol. The molecule has 0 aliphatic carbocycles. The second kappa shape index (κ2) is 8.62. The first kappa shape index (κ1) is 17.4. The van der Waals surface area contributed by atoms with Crippen LogP contribution in [-0.2, 0) is 17.7 Å². The Morgan fingerprint density at radius 2 is 1.91 bits per heavy atom. The maximum atomic E-state index is 5.41. The van der Waals surface area contributed by atoms with E-state index in [0.717, 1.165) is 50.1 Å². The summed E-state index contributed by atoms with van der Waals surface area (Å²) in [5, 5.41) is 3.35. The summed E-state index contributed by atoms with van der Waals surface area (Å²) in [4.78, 5) is 6.63. The molecule has 1 N–H and O–H groups in total. The summed E-state index contributed by atoms with van der Waals surface area (Å²) in [5.74, 6) is 2.47. The Bertz CT molecular complexity index is 546. The quantitative estimate of drug-likeness (QED) is 0.491. The third-order valence-electron chi connectivity index (χ3n) is 3.96. The fourth-order valence-corrected chi connectivity index (χ4v) is 2.78. The van der Waals surface area contributed by atoms with E-state index in [0.29, 0.717) is 6.61 Å². The molecule has 1 aliphatic heterocycles. The highest BCUT2D eigenvalue weighted by Crippen LogP contribution is 2.33. The third-order valence-corrected chi connectivity index (χ3v) is 3.96. The van der Waals surface area contributed by atoms with Crippen molar-refractivity contribution in [2.24, 2.45) is 4.99 Å². The number of ether oxygens (including phenoxy) is 3. The molecule has 0 spiro atoms. The number of hydrogen-bond donors (Lipinski definition) is 1. The van der Waals surface area contributed by atoms with Gasteiger partial charge in [-0.2, -0.15) is 0 Å². The first-order valence-electron chi connectivity index (χ1n) is 8.00. The Hall–Kier alpha value is -1.95. The minimum atomic E-state index is 0.685. The molecule has 0 radical (unpaired) electrons. The van der Waals surface area contributed by atoms with Gasteiger partial charge in [-0.3, -0.25) is 4.99 Å². The summed E-state index contributed by atoms with van der Waals surface area (Å²) >= 11 is 0. The first-order chi connectivity index (χ1) is 11.2. The molecule has 0 saturated carbocycles. The molecular weight excluding hydrogens is 294 g/mol. The number of rotatable bonds is 6. The van der Waals surface area contributed by atoms with Crippen LogP contribution in [0.15, 0.2) is 17.1 Å². The van der Waals surface area contributed by atoms with E-state index in [2.05, 4.69) is 27.3 Å². The lowest BCUT2D eigenvalue weighted by Gasteiger charge is -2.32. The lowest BCUT2D eigenvalue weighted by molar-refractivity contribution is 0.151. The van der Waals surface area contributed by atoms with Crippen LogP contribution in [0.1, 0.15) is 18.1 Å². The molecular formula is C17H27N3O3. The van der Waals surface area contributed by atoms with E-state index >= 15 is 0 Å². The molecule has 0 bridgehead atoms. The summed E-state index contributed by atoms with van der Waals surface area (Å²) < 4.78 is 16.2. The zero-order valence-corrected chi connectivity index (χ0v) is 14.5. The maximum Gasteiger partial charge on any atom is 0.194 e. The number of methoxy groups -OCH3 is 2. The van der Waals surface area contributed by atoms with Crippen molar-refractivity contribution in [3.8, 4) is 11.5 Å². The highest BCUT2D eigenvalue weighted by Gasteiger charge is 2.21. The third kappa shape index (κ3) is 4.28. The lowest BCUT2D eigenvalue weighted by Crippen LogP contribution is -2.45. The number of aliphatic imine (C=N–C) groups is 1. The summed E-state index contributed by atoms with van der Waals surface area (Å²) in [6.07, 6.45) is 0.960. The summed E-state index contributed by atoms with van der Waals surface area (Å²) in [5.41, 5.74) is 2.56. The number of fused-ring (bicyclic) bond motifs is 1. The molecule has 0 fully saturated rings. The van der Waals surface area contributed by atoms with E-state index in [1.54, 1.807) is 14.2 Å². The Kier molecular flexibility index (Phi) is 6.52. The van der Waals surface area contributed by atoms with Gasteiger partial charge in [0, 0.05) is 33.3 Å². The van der Waals surface area contributed by atoms with Crippen LogP contribution in [0.4, 0.5) is 0 Å². The van der Waals surface area contributed by atoms with E-state index < -0.39 is 0 Å². The van der Waals surface area contributed by atoms with Crippen molar-refractivity contribution >= 4 is 5.96 Å². The highest BCUT2D eigenvalue weighted by molar-refractivity contribution is 5.80. The fourth-order valence-electron chi connectivity index (χ4n) is 2.78. The second-order valence-electron chi connectivity index (χ2n) is 5.32. The summed E-state index contributed by atoms with van der Waals surface area (Å²) in [6.45, 7) is 5.92. The number of nitrogens with one attached hydrogen (secondary N) is 1. The van der Waals surface area contributed by atoms with E-state index in [9.17, 15) is 0 Å². The SMILES string of the molecule is CCOCCNC(=NC)N1CCc2cc(OC)c(OC)cc2C1. The second-order valence-corrected chi connectivity index (χ2v) is 5.32. The minimum Gasteiger partial charge on any atom is -0.493 e. The van der Waals surface area contributed by atoms with Gasteiger partial charge in [0.1, 0.15) is 0 Å². The number of hydrogen-bond acceptors (Lipinski definition) is 4. The Balaban J connectivity index is 2.06. The maximum absolute atomic E-state index is 5.41. The van der Waals surface area contributed by atoms with Crippen molar-refractivity contribution in [3.05, 3.63) is 23.3 Å². The summed E-state index contributed by atoms with van der Waals surface area (Å²) in [6, 6.07) is 4.14. The molecule has 2 rings (SSSR count). The normalized spacial score (nSPS) is 14.4. The van der Waals surface area contributed by atoms with Crippen LogP contribution in [0.3, 0.4) is 0 Å². The van der Waals surface area contributed by atoms with Crippen molar-refractivity contribution in [1.29, 1.82) is 0 Å². The average Bonchev–Trinajstić information content (AvgIpc) is 2.60. The van der Waals surface area contributed by atoms with Gasteiger partial charge in [0.25, 0.3) is 0 Å². The number of benzene rings is 1. The average molecular weight is 321 g/mol. The molecule has 1 heterocycles. The van der Waals surface area contributed by atoms with Crippen LogP contribution < -0.4 is 14.8 Å². The van der Waals surface area contributed by atoms with Gasteiger partial charge in [0.05, 0.1) is 20.8 Å². The topological polar surface area (TPSA) is 55.3 Å². The van der Waals surface area contributed by atoms with Crippen LogP contribution in [-0.4, -0.2) is 58.4 Å². The Labute approximate surface area is 138 Å². The monoisotopic (exact) mass is 321 g/mol. The van der Waals surface area contributed by atoms with Crippen LogP contribution in [0, 0.1) is 0 Å². The Morgan fingerprint density at radius 3 is 2.52 bits per heavy atom. The molecule has 128 valence electrons. The van der Waals surface area contributed by atoms with Gasteiger partial charge in [-0.25, -0.2) is 0 Å². The zero-order valence-electron chi connectivity index (χ0n) is 14.5. The smallest absolute Gasteiger partial charge is 0.194 e. The largest absolute Gasteiger partial charge is 0.493 e. The molecule has 1 aliphatic rings. The van der Waals surface area contributed by atoms with Crippen molar-refractivity contribution in [2.75, 3.05) is 47.6 Å². The Morgan fingerprint density at radius 1 is 1.22 bits per heavy atom. The van der Waals surface area contributed by atoms with Crippen molar-refractivity contribution in [2.45, 2.75) is 19.9 Å². The van der Waals surface area contributed by atoms with Gasteiger partial charge < -0.3 is 24.4 Å². The molecule has 1 aromatic carbocycles. The standard InChI is InChI=1S/C17H27N3O3/c1-5-23-9-7-19-17(18-2)20-8-6-13-10-15(21-3)16(22-4)11-14(13)12-20/h10-11H,5-9,12H2,1-4H3,(H,18,19). The van der Waals surface area contributed by atoms with Gasteiger partial charge in [-0.15, -0.1) is 0 Å². The number of nitrogens with zero attached hydrogens (tertiary/aromatic N) is 2. The van der Waals surface area contributed by atoms with Gasteiger partial charge in [-0.1, -0.05) is 0 Å². The molecule has 0 unspecified atom stereocenters. The van der Waals surface area contributed by atoms with E-state index in [-0.39, 0.29) is 0 Å². The summed E-state index contributed by atoms with van der Waals surface area (Å²) in [7, 11) is 5.15. The predicted octanol–water partition coefficient (Wildman–Crippen LogP) is 1.67. The van der Waals surface area contributed by atoms with Gasteiger partial charge in [0.2, 0.25) is 0 Å². The van der Waals surface area contributed by atoms with Crippen molar-refractivity contribution in [3.63, 3.8) is 0 Å². The van der Waals surface area contributed by atoms with Gasteiger partial charge in [0.15, 0.2) is 17.5 Å². The molecule has 1 aromatic rings. The van der Waals surface area contributed by atoms with Gasteiger partial charge >= 0.3 is 0 Å². The van der Waals surface area contributed by atoms with Crippen molar-refractivity contribution < 1.29 is 14.2 Å². The molecule has 6 nitrogen and oxygen atoms in total. The van der Waals surface area contributed by atoms with Gasteiger partial charge in [-0.05, 0) is 36.6 Å². The van der Waals surface area contributed by atoms with E-state index in [4.69, 9.17) is 14.2 Å². The van der Waals surface area contributed by atoms with Crippen molar-refractivity contribution in [1.82, 2.24) is 10.2 Å². The van der Waals surface area contributed by atoms with E-state index in [1.165, 1.54) is 11.1 Å². The molecule has 0 aromatic heterocycles. The zero-order chi connectivity index (χ0) is 16.7. The molecule has 0 amide bonds. The molecule has 6 heteroatoms. The van der Waals surface area contributed by atoms with E-state index in [1.807, 2.05) is 14.0 Å². The lowest BCUT2D eigenvalue weighted by atomic mass is 9.99. The highest BCUT2D eigenvalue weighted by atomic mass is 16.5. The van der Waals surface area contributed by atoms with Crippen LogP contribution in [0.25, 0.3) is 0 Å². The molecule has 0 saturated heterocycles. The molecule has 0 atom stereocenters. The van der Waals surface area contributed by atoms with Crippen LogP contribution in [0.2, 0.25) is 0 Å². The van der Waals surface area contributed by atoms with Crippen LogP contribution >= 0.6 is 0 Å². The van der Waals surface area contributed by atoms with Crippen LogP contribution in [0.5, 0.6) is 11.5 Å². The minimum absolute atomic E-state index is 0.685. The molecule has 23 heavy (non-hydrogen) atoms. The first-order valence-corrected chi connectivity index (χ1v) is 8.00.